The molecule has 4 nitrogen and oxygen atoms in total. The van der Waals surface area contributed by atoms with Crippen LogP contribution in [0.1, 0.15) is 11.1 Å². The molecule has 0 aliphatic heterocycles. The van der Waals surface area contributed by atoms with Crippen molar-refractivity contribution in [2.45, 2.75) is 18.7 Å². The Morgan fingerprint density at radius 1 is 1.14 bits per heavy atom. The van der Waals surface area contributed by atoms with Gasteiger partial charge in [-0.1, -0.05) is 17.7 Å². The Morgan fingerprint density at radius 3 is 2.48 bits per heavy atom. The Bertz CT molecular complexity index is 928. The van der Waals surface area contributed by atoms with Gasteiger partial charge in [-0.25, -0.2) is 21.8 Å². The SMILES string of the molecule is Cc1ccc(S(=O)(=O)n2cc(C)c3cc(F)cnc32)cc1. The zero-order valence-electron chi connectivity index (χ0n) is 11.5. The molecule has 0 saturated carbocycles. The van der Waals surface area contributed by atoms with Crippen molar-refractivity contribution in [2.24, 2.45) is 0 Å². The first-order valence-electron chi connectivity index (χ1n) is 6.35. The van der Waals surface area contributed by atoms with Crippen molar-refractivity contribution in [2.75, 3.05) is 0 Å². The number of aryl methyl sites for hydroxylation is 2. The third-order valence-electron chi connectivity index (χ3n) is 3.36. The zero-order chi connectivity index (χ0) is 15.2. The minimum atomic E-state index is -3.74. The molecule has 108 valence electrons. The van der Waals surface area contributed by atoms with Gasteiger partial charge in [0, 0.05) is 11.6 Å². The molecule has 6 heteroatoms. The number of fused-ring (bicyclic) bond motifs is 1. The van der Waals surface area contributed by atoms with Crippen LogP contribution in [0.3, 0.4) is 0 Å². The highest BCUT2D eigenvalue weighted by molar-refractivity contribution is 7.90. The molecule has 3 aromatic rings. The van der Waals surface area contributed by atoms with Gasteiger partial charge in [-0.05, 0) is 37.6 Å². The van der Waals surface area contributed by atoms with Crippen molar-refractivity contribution in [3.63, 3.8) is 0 Å². The Kier molecular flexibility index (Phi) is 3.06. The fourth-order valence-electron chi connectivity index (χ4n) is 2.21. The van der Waals surface area contributed by atoms with Crippen LogP contribution in [0.25, 0.3) is 11.0 Å². The van der Waals surface area contributed by atoms with Gasteiger partial charge < -0.3 is 0 Å². The van der Waals surface area contributed by atoms with E-state index in [1.54, 1.807) is 31.2 Å². The normalized spacial score (nSPS) is 12.0. The molecule has 0 aliphatic rings. The van der Waals surface area contributed by atoms with E-state index in [2.05, 4.69) is 4.98 Å². The Morgan fingerprint density at radius 2 is 1.81 bits per heavy atom. The largest absolute Gasteiger partial charge is 0.269 e. The molecule has 0 saturated heterocycles. The van der Waals surface area contributed by atoms with E-state index in [1.165, 1.54) is 12.3 Å². The highest BCUT2D eigenvalue weighted by atomic mass is 32.2. The van der Waals surface area contributed by atoms with Crippen LogP contribution in [0, 0.1) is 19.7 Å². The first kappa shape index (κ1) is 13.8. The van der Waals surface area contributed by atoms with E-state index in [1.807, 2.05) is 6.92 Å². The summed E-state index contributed by atoms with van der Waals surface area (Å²) in [5.74, 6) is -0.490. The van der Waals surface area contributed by atoms with E-state index in [0.29, 0.717) is 10.9 Å². The summed E-state index contributed by atoms with van der Waals surface area (Å²) in [6.45, 7) is 3.61. The summed E-state index contributed by atoms with van der Waals surface area (Å²) in [6, 6.07) is 7.86. The van der Waals surface area contributed by atoms with E-state index in [0.717, 1.165) is 15.7 Å². The molecule has 0 radical (unpaired) electrons. The van der Waals surface area contributed by atoms with E-state index in [9.17, 15) is 12.8 Å². The molecule has 0 atom stereocenters. The summed E-state index contributed by atoms with van der Waals surface area (Å²) < 4.78 is 39.7. The fraction of sp³-hybridized carbons (Fsp3) is 0.133. The third kappa shape index (κ3) is 2.21. The molecular formula is C15H13FN2O2S. The molecule has 0 N–H and O–H groups in total. The summed E-state index contributed by atoms with van der Waals surface area (Å²) in [5, 5.41) is 0.491. The highest BCUT2D eigenvalue weighted by Crippen LogP contribution is 2.24. The van der Waals surface area contributed by atoms with Crippen LogP contribution in [0.5, 0.6) is 0 Å². The molecule has 2 aromatic heterocycles. The zero-order valence-corrected chi connectivity index (χ0v) is 12.4. The molecule has 21 heavy (non-hydrogen) atoms. The van der Waals surface area contributed by atoms with Crippen molar-refractivity contribution >= 4 is 21.1 Å². The minimum Gasteiger partial charge on any atom is -0.234 e. The van der Waals surface area contributed by atoms with Crippen LogP contribution in [0.4, 0.5) is 4.39 Å². The van der Waals surface area contributed by atoms with Crippen LogP contribution in [0.15, 0.2) is 47.6 Å². The monoisotopic (exact) mass is 304 g/mol. The van der Waals surface area contributed by atoms with Crippen molar-refractivity contribution in [1.82, 2.24) is 8.96 Å². The van der Waals surface area contributed by atoms with E-state index in [4.69, 9.17) is 0 Å². The second-order valence-electron chi connectivity index (χ2n) is 4.95. The lowest BCUT2D eigenvalue weighted by molar-refractivity contribution is 0.588. The average Bonchev–Trinajstić information content (AvgIpc) is 2.77. The molecule has 0 fully saturated rings. The summed E-state index contributed by atoms with van der Waals surface area (Å²) >= 11 is 0. The van der Waals surface area contributed by atoms with Crippen LogP contribution in [-0.4, -0.2) is 17.4 Å². The van der Waals surface area contributed by atoms with Crippen LogP contribution in [0.2, 0.25) is 0 Å². The topological polar surface area (TPSA) is 52.0 Å². The number of rotatable bonds is 2. The third-order valence-corrected chi connectivity index (χ3v) is 5.02. The first-order chi connectivity index (χ1) is 9.89. The number of benzene rings is 1. The quantitative estimate of drug-likeness (QED) is 0.731. The molecule has 0 spiro atoms. The molecule has 0 unspecified atom stereocenters. The lowest BCUT2D eigenvalue weighted by Gasteiger charge is -2.07. The second-order valence-corrected chi connectivity index (χ2v) is 6.77. The lowest BCUT2D eigenvalue weighted by atomic mass is 10.2. The molecular weight excluding hydrogens is 291 g/mol. The summed E-state index contributed by atoms with van der Waals surface area (Å²) in [6.07, 6.45) is 2.48. The molecule has 0 aliphatic carbocycles. The Hall–Kier alpha value is -2.21. The van der Waals surface area contributed by atoms with Crippen molar-refractivity contribution in [3.05, 3.63) is 59.7 Å². The van der Waals surface area contributed by atoms with Crippen molar-refractivity contribution in [3.8, 4) is 0 Å². The van der Waals surface area contributed by atoms with Gasteiger partial charge in [0.05, 0.1) is 11.1 Å². The van der Waals surface area contributed by atoms with E-state index >= 15 is 0 Å². The minimum absolute atomic E-state index is 0.177. The molecule has 3 rings (SSSR count). The number of pyridine rings is 1. The van der Waals surface area contributed by atoms with Gasteiger partial charge in [-0.3, -0.25) is 0 Å². The van der Waals surface area contributed by atoms with Crippen LogP contribution < -0.4 is 0 Å². The van der Waals surface area contributed by atoms with E-state index < -0.39 is 15.8 Å². The standard InChI is InChI=1S/C15H13FN2O2S/c1-10-3-5-13(6-4-10)21(19,20)18-9-11(2)14-7-12(16)8-17-15(14)18/h3-9H,1-2H3. The molecule has 1 aromatic carbocycles. The van der Waals surface area contributed by atoms with E-state index in [-0.39, 0.29) is 10.5 Å². The van der Waals surface area contributed by atoms with Gasteiger partial charge in [0.2, 0.25) is 0 Å². The predicted molar refractivity (Wildman–Crippen MR) is 78.2 cm³/mol. The molecule has 2 heterocycles. The van der Waals surface area contributed by atoms with Crippen LogP contribution in [-0.2, 0) is 10.0 Å². The number of hydrogen-bond acceptors (Lipinski definition) is 3. The maximum absolute atomic E-state index is 13.3. The average molecular weight is 304 g/mol. The Balaban J connectivity index is 2.26. The van der Waals surface area contributed by atoms with Gasteiger partial charge in [-0.2, -0.15) is 0 Å². The predicted octanol–water partition coefficient (Wildman–Crippen LogP) is 3.03. The van der Waals surface area contributed by atoms with Gasteiger partial charge in [0.15, 0.2) is 5.65 Å². The highest BCUT2D eigenvalue weighted by Gasteiger charge is 2.21. The Labute approximate surface area is 121 Å². The van der Waals surface area contributed by atoms with Crippen molar-refractivity contribution in [1.29, 1.82) is 0 Å². The lowest BCUT2D eigenvalue weighted by Crippen LogP contribution is -2.12. The smallest absolute Gasteiger partial charge is 0.234 e. The summed E-state index contributed by atoms with van der Waals surface area (Å²) in [4.78, 5) is 4.10. The summed E-state index contributed by atoms with van der Waals surface area (Å²) in [5.41, 5.74) is 1.87. The number of halogens is 1. The maximum Gasteiger partial charge on any atom is 0.269 e. The van der Waals surface area contributed by atoms with Gasteiger partial charge in [0.1, 0.15) is 5.82 Å². The van der Waals surface area contributed by atoms with Crippen LogP contribution >= 0.6 is 0 Å². The van der Waals surface area contributed by atoms with Crippen molar-refractivity contribution < 1.29 is 12.8 Å². The van der Waals surface area contributed by atoms with Gasteiger partial charge in [0.25, 0.3) is 10.0 Å². The molecule has 0 bridgehead atoms. The maximum atomic E-state index is 13.3. The first-order valence-corrected chi connectivity index (χ1v) is 7.79. The number of aromatic nitrogens is 2. The summed E-state index contributed by atoms with van der Waals surface area (Å²) in [7, 11) is -3.74. The van der Waals surface area contributed by atoms with Gasteiger partial charge >= 0.3 is 0 Å². The second kappa shape index (κ2) is 4.66. The molecule has 0 amide bonds. The number of nitrogens with zero attached hydrogens (tertiary/aromatic N) is 2. The number of hydrogen-bond donors (Lipinski definition) is 0. The van der Waals surface area contributed by atoms with Gasteiger partial charge in [-0.15, -0.1) is 0 Å². The fourth-order valence-corrected chi connectivity index (χ4v) is 3.59.